The van der Waals surface area contributed by atoms with E-state index in [0.29, 0.717) is 0 Å². The molecule has 5 heteroatoms. The van der Waals surface area contributed by atoms with Crippen LogP contribution in [0.3, 0.4) is 0 Å². The third-order valence-corrected chi connectivity index (χ3v) is 3.39. The van der Waals surface area contributed by atoms with Gasteiger partial charge in [0.25, 0.3) is 0 Å². The van der Waals surface area contributed by atoms with Crippen LogP contribution < -0.4 is 10.6 Å². The van der Waals surface area contributed by atoms with Crippen LogP contribution in [0.4, 0.5) is 10.1 Å². The lowest BCUT2D eigenvalue weighted by Gasteiger charge is -2.15. The minimum atomic E-state index is -0.510. The SMILES string of the molecule is CC1NCCC1C(=O)Nc1c(F)cccc1Cl. The Bertz CT molecular complexity index is 418. The molecule has 1 aromatic carbocycles. The molecule has 1 aliphatic rings. The first-order chi connectivity index (χ1) is 8.09. The van der Waals surface area contributed by atoms with Crippen molar-refractivity contribution in [1.29, 1.82) is 0 Å². The number of hydrogen-bond acceptors (Lipinski definition) is 2. The number of para-hydroxylation sites is 1. The molecule has 3 nitrogen and oxygen atoms in total. The fraction of sp³-hybridized carbons (Fsp3) is 0.417. The smallest absolute Gasteiger partial charge is 0.229 e. The van der Waals surface area contributed by atoms with Crippen molar-refractivity contribution in [3.63, 3.8) is 0 Å². The quantitative estimate of drug-likeness (QED) is 0.853. The number of rotatable bonds is 2. The molecule has 2 N–H and O–H groups in total. The van der Waals surface area contributed by atoms with Gasteiger partial charge in [-0.05, 0) is 32.0 Å². The molecule has 17 heavy (non-hydrogen) atoms. The Balaban J connectivity index is 2.13. The first-order valence-corrected chi connectivity index (χ1v) is 5.95. The summed E-state index contributed by atoms with van der Waals surface area (Å²) < 4.78 is 13.5. The van der Waals surface area contributed by atoms with Crippen LogP contribution in [0.1, 0.15) is 13.3 Å². The molecule has 0 saturated carbocycles. The summed E-state index contributed by atoms with van der Waals surface area (Å²) in [5.41, 5.74) is 0.0678. The molecular formula is C12H14ClFN2O. The normalized spacial score (nSPS) is 23.7. The number of amides is 1. The van der Waals surface area contributed by atoms with Gasteiger partial charge in [-0.25, -0.2) is 4.39 Å². The molecule has 1 amide bonds. The molecule has 0 radical (unpaired) electrons. The van der Waals surface area contributed by atoms with Gasteiger partial charge < -0.3 is 10.6 Å². The maximum absolute atomic E-state index is 13.5. The molecule has 0 aliphatic carbocycles. The number of halogens is 2. The number of benzene rings is 1. The van der Waals surface area contributed by atoms with E-state index in [0.717, 1.165) is 13.0 Å². The zero-order chi connectivity index (χ0) is 12.4. The van der Waals surface area contributed by atoms with Gasteiger partial charge in [0.1, 0.15) is 5.82 Å². The lowest BCUT2D eigenvalue weighted by Crippen LogP contribution is -2.32. The number of hydrogen-bond donors (Lipinski definition) is 2. The van der Waals surface area contributed by atoms with Crippen molar-refractivity contribution in [2.45, 2.75) is 19.4 Å². The fourth-order valence-electron chi connectivity index (χ4n) is 2.05. The van der Waals surface area contributed by atoms with E-state index in [4.69, 9.17) is 11.6 Å². The average molecular weight is 257 g/mol. The Morgan fingerprint density at radius 3 is 2.94 bits per heavy atom. The summed E-state index contributed by atoms with van der Waals surface area (Å²) in [4.78, 5) is 12.0. The first kappa shape index (κ1) is 12.3. The lowest BCUT2D eigenvalue weighted by molar-refractivity contribution is -0.120. The van der Waals surface area contributed by atoms with Gasteiger partial charge in [0, 0.05) is 6.04 Å². The lowest BCUT2D eigenvalue weighted by atomic mass is 10.0. The van der Waals surface area contributed by atoms with Gasteiger partial charge in [0.15, 0.2) is 0 Å². The maximum Gasteiger partial charge on any atom is 0.229 e. The van der Waals surface area contributed by atoms with Gasteiger partial charge in [-0.15, -0.1) is 0 Å². The summed E-state index contributed by atoms with van der Waals surface area (Å²) in [6.45, 7) is 2.75. The van der Waals surface area contributed by atoms with Gasteiger partial charge in [-0.2, -0.15) is 0 Å². The molecule has 2 unspecified atom stereocenters. The van der Waals surface area contributed by atoms with Gasteiger partial charge in [0.05, 0.1) is 16.6 Å². The Hall–Kier alpha value is -1.13. The average Bonchev–Trinajstić information content (AvgIpc) is 2.70. The van der Waals surface area contributed by atoms with E-state index >= 15 is 0 Å². The molecular weight excluding hydrogens is 243 g/mol. The molecule has 92 valence electrons. The number of carbonyl (C=O) groups is 1. The highest BCUT2D eigenvalue weighted by Gasteiger charge is 2.30. The highest BCUT2D eigenvalue weighted by Crippen LogP contribution is 2.26. The second kappa shape index (κ2) is 5.02. The van der Waals surface area contributed by atoms with Crippen molar-refractivity contribution in [3.8, 4) is 0 Å². The Morgan fingerprint density at radius 1 is 1.59 bits per heavy atom. The molecule has 1 fully saturated rings. The van der Waals surface area contributed by atoms with Crippen molar-refractivity contribution in [3.05, 3.63) is 29.0 Å². The fourth-order valence-corrected chi connectivity index (χ4v) is 2.26. The first-order valence-electron chi connectivity index (χ1n) is 5.58. The number of nitrogens with one attached hydrogen (secondary N) is 2. The molecule has 1 aliphatic heterocycles. The minimum absolute atomic E-state index is 0.0678. The standard InChI is InChI=1S/C12H14ClFN2O/c1-7-8(5-6-15-7)12(17)16-11-9(13)3-2-4-10(11)14/h2-4,7-8,15H,5-6H2,1H3,(H,16,17). The zero-order valence-corrected chi connectivity index (χ0v) is 10.2. The molecule has 1 aromatic rings. The predicted molar refractivity (Wildman–Crippen MR) is 65.6 cm³/mol. The van der Waals surface area contributed by atoms with Crippen molar-refractivity contribution in [2.24, 2.45) is 5.92 Å². The molecule has 1 heterocycles. The molecule has 2 atom stereocenters. The monoisotopic (exact) mass is 256 g/mol. The van der Waals surface area contributed by atoms with Crippen molar-refractivity contribution in [2.75, 3.05) is 11.9 Å². The van der Waals surface area contributed by atoms with Crippen LogP contribution in [0.5, 0.6) is 0 Å². The molecule has 2 rings (SSSR count). The van der Waals surface area contributed by atoms with E-state index in [-0.39, 0.29) is 28.6 Å². The summed E-state index contributed by atoms with van der Waals surface area (Å²) in [7, 11) is 0. The van der Waals surface area contributed by atoms with E-state index in [1.165, 1.54) is 12.1 Å². The number of carbonyl (C=O) groups excluding carboxylic acids is 1. The van der Waals surface area contributed by atoms with E-state index in [2.05, 4.69) is 10.6 Å². The summed E-state index contributed by atoms with van der Waals surface area (Å²) in [6, 6.07) is 4.45. The maximum atomic E-state index is 13.5. The van der Waals surface area contributed by atoms with E-state index in [1.54, 1.807) is 6.07 Å². The molecule has 0 bridgehead atoms. The highest BCUT2D eigenvalue weighted by atomic mass is 35.5. The summed E-state index contributed by atoms with van der Waals surface area (Å²) >= 11 is 5.85. The van der Waals surface area contributed by atoms with E-state index in [1.807, 2.05) is 6.92 Å². The molecule has 0 spiro atoms. The largest absolute Gasteiger partial charge is 0.322 e. The summed E-state index contributed by atoms with van der Waals surface area (Å²) in [5, 5.41) is 5.96. The predicted octanol–water partition coefficient (Wildman–Crippen LogP) is 2.42. The highest BCUT2D eigenvalue weighted by molar-refractivity contribution is 6.33. The molecule has 0 aromatic heterocycles. The Kier molecular flexibility index (Phi) is 3.64. The van der Waals surface area contributed by atoms with Gasteiger partial charge in [-0.3, -0.25) is 4.79 Å². The summed E-state index contributed by atoms with van der Waals surface area (Å²) in [6.07, 6.45) is 0.763. The van der Waals surface area contributed by atoms with Crippen molar-refractivity contribution < 1.29 is 9.18 Å². The third kappa shape index (κ3) is 2.58. The van der Waals surface area contributed by atoms with Crippen LogP contribution >= 0.6 is 11.6 Å². The topological polar surface area (TPSA) is 41.1 Å². The van der Waals surface area contributed by atoms with Gasteiger partial charge in [-0.1, -0.05) is 17.7 Å². The van der Waals surface area contributed by atoms with Crippen molar-refractivity contribution >= 4 is 23.2 Å². The van der Waals surface area contributed by atoms with Crippen LogP contribution in [0, 0.1) is 11.7 Å². The van der Waals surface area contributed by atoms with Crippen LogP contribution in [0.2, 0.25) is 5.02 Å². The number of anilines is 1. The third-order valence-electron chi connectivity index (χ3n) is 3.07. The van der Waals surface area contributed by atoms with Crippen LogP contribution in [-0.2, 0) is 4.79 Å². The van der Waals surface area contributed by atoms with E-state index in [9.17, 15) is 9.18 Å². The van der Waals surface area contributed by atoms with Crippen LogP contribution in [0.15, 0.2) is 18.2 Å². The van der Waals surface area contributed by atoms with E-state index < -0.39 is 5.82 Å². The minimum Gasteiger partial charge on any atom is -0.322 e. The Morgan fingerprint density at radius 2 is 2.35 bits per heavy atom. The molecule has 1 saturated heterocycles. The Labute approximate surface area is 104 Å². The van der Waals surface area contributed by atoms with Gasteiger partial charge in [0.2, 0.25) is 5.91 Å². The zero-order valence-electron chi connectivity index (χ0n) is 9.47. The second-order valence-corrected chi connectivity index (χ2v) is 4.63. The van der Waals surface area contributed by atoms with Crippen LogP contribution in [-0.4, -0.2) is 18.5 Å². The van der Waals surface area contributed by atoms with Gasteiger partial charge >= 0.3 is 0 Å². The van der Waals surface area contributed by atoms with Crippen LogP contribution in [0.25, 0.3) is 0 Å². The second-order valence-electron chi connectivity index (χ2n) is 4.22. The summed E-state index contributed by atoms with van der Waals surface area (Å²) in [5.74, 6) is -0.829. The van der Waals surface area contributed by atoms with Crippen molar-refractivity contribution in [1.82, 2.24) is 5.32 Å².